The van der Waals surface area contributed by atoms with E-state index in [0.29, 0.717) is 5.56 Å². The Morgan fingerprint density at radius 2 is 2.22 bits per heavy atom. The van der Waals surface area contributed by atoms with Gasteiger partial charge in [-0.2, -0.15) is 0 Å². The first-order chi connectivity index (χ1) is 8.63. The third-order valence-corrected chi connectivity index (χ3v) is 3.86. The van der Waals surface area contributed by atoms with Gasteiger partial charge in [0.25, 0.3) is 0 Å². The van der Waals surface area contributed by atoms with Crippen LogP contribution in [-0.4, -0.2) is 16.5 Å². The minimum atomic E-state index is -0.283. The van der Waals surface area contributed by atoms with Crippen molar-refractivity contribution in [3.8, 4) is 0 Å². The van der Waals surface area contributed by atoms with Crippen LogP contribution in [0.1, 0.15) is 34.1 Å². The van der Waals surface area contributed by atoms with Crippen molar-refractivity contribution in [3.63, 3.8) is 0 Å². The van der Waals surface area contributed by atoms with Gasteiger partial charge in [0.1, 0.15) is 5.82 Å². The van der Waals surface area contributed by atoms with Crippen LogP contribution in [0.3, 0.4) is 0 Å². The molecule has 96 valence electrons. The summed E-state index contributed by atoms with van der Waals surface area (Å²) in [6.07, 6.45) is 2.87. The number of halogens is 1. The van der Waals surface area contributed by atoms with Crippen LogP contribution in [0, 0.1) is 19.7 Å². The van der Waals surface area contributed by atoms with Crippen LogP contribution in [0.2, 0.25) is 0 Å². The summed E-state index contributed by atoms with van der Waals surface area (Å²) in [6.45, 7) is 6.70. The van der Waals surface area contributed by atoms with Gasteiger partial charge in [-0.25, -0.2) is 9.37 Å². The molecule has 0 saturated heterocycles. The van der Waals surface area contributed by atoms with Crippen LogP contribution in [-0.2, 0) is 0 Å². The molecule has 0 aliphatic heterocycles. The number of thiazole rings is 1. The predicted octanol–water partition coefficient (Wildman–Crippen LogP) is 2.99. The predicted molar refractivity (Wildman–Crippen MR) is 71.3 cm³/mol. The lowest BCUT2D eigenvalue weighted by atomic mass is 10.1. The highest BCUT2D eigenvalue weighted by molar-refractivity contribution is 7.11. The Bertz CT molecular complexity index is 539. The fraction of sp³-hybridized carbons (Fsp3) is 0.385. The van der Waals surface area contributed by atoms with Crippen LogP contribution >= 0.6 is 11.3 Å². The second kappa shape index (κ2) is 5.54. The fourth-order valence-corrected chi connectivity index (χ4v) is 3.01. The van der Waals surface area contributed by atoms with Crippen molar-refractivity contribution in [3.05, 3.63) is 45.4 Å². The van der Waals surface area contributed by atoms with E-state index in [1.807, 2.05) is 20.8 Å². The minimum Gasteiger partial charge on any atom is -0.306 e. The Balaban J connectivity index is 2.46. The molecule has 1 atom stereocenters. The zero-order chi connectivity index (χ0) is 13.1. The normalized spacial score (nSPS) is 12.7. The Labute approximate surface area is 110 Å². The summed E-state index contributed by atoms with van der Waals surface area (Å²) in [6, 6.07) is 1.57. The SMILES string of the molecule is CCNC(c1ccncc1F)c1sc(C)nc1C. The van der Waals surface area contributed by atoms with E-state index in [0.717, 1.165) is 22.1 Å². The van der Waals surface area contributed by atoms with Gasteiger partial charge >= 0.3 is 0 Å². The number of pyridine rings is 1. The molecule has 0 aromatic carbocycles. The third kappa shape index (κ3) is 2.57. The molecule has 2 aromatic heterocycles. The van der Waals surface area contributed by atoms with Crippen molar-refractivity contribution in [2.45, 2.75) is 26.8 Å². The number of hydrogen-bond donors (Lipinski definition) is 1. The van der Waals surface area contributed by atoms with Gasteiger partial charge in [-0.05, 0) is 26.5 Å². The van der Waals surface area contributed by atoms with Gasteiger partial charge in [-0.3, -0.25) is 4.98 Å². The van der Waals surface area contributed by atoms with Crippen LogP contribution in [0.15, 0.2) is 18.5 Å². The molecule has 2 heterocycles. The maximum atomic E-state index is 13.9. The van der Waals surface area contributed by atoms with E-state index in [9.17, 15) is 4.39 Å². The highest BCUT2D eigenvalue weighted by Gasteiger charge is 2.21. The molecule has 1 N–H and O–H groups in total. The summed E-state index contributed by atoms with van der Waals surface area (Å²) in [5.74, 6) is -0.283. The van der Waals surface area contributed by atoms with Gasteiger partial charge in [-0.15, -0.1) is 11.3 Å². The molecule has 0 saturated carbocycles. The average Bonchev–Trinajstić information content (AvgIpc) is 2.66. The topological polar surface area (TPSA) is 37.8 Å². The molecule has 0 spiro atoms. The van der Waals surface area contributed by atoms with Gasteiger partial charge in [0.2, 0.25) is 0 Å². The van der Waals surface area contributed by atoms with E-state index in [1.165, 1.54) is 6.20 Å². The van der Waals surface area contributed by atoms with Gasteiger partial charge in [0, 0.05) is 16.6 Å². The Kier molecular flexibility index (Phi) is 4.04. The fourth-order valence-electron chi connectivity index (χ4n) is 1.98. The first-order valence-electron chi connectivity index (χ1n) is 5.90. The van der Waals surface area contributed by atoms with Crippen molar-refractivity contribution < 1.29 is 4.39 Å². The lowest BCUT2D eigenvalue weighted by Gasteiger charge is -2.17. The average molecular weight is 265 g/mol. The Hall–Kier alpha value is -1.33. The second-order valence-corrected chi connectivity index (χ2v) is 5.31. The standard InChI is InChI=1S/C13H16FN3S/c1-4-16-12(10-5-6-15-7-11(10)14)13-8(2)17-9(3)18-13/h5-7,12,16H,4H2,1-3H3. The summed E-state index contributed by atoms with van der Waals surface area (Å²) in [7, 11) is 0. The molecule has 18 heavy (non-hydrogen) atoms. The van der Waals surface area contributed by atoms with Crippen molar-refractivity contribution in [1.82, 2.24) is 15.3 Å². The number of hydrogen-bond acceptors (Lipinski definition) is 4. The molecular weight excluding hydrogens is 249 g/mol. The molecule has 1 unspecified atom stereocenters. The van der Waals surface area contributed by atoms with E-state index in [2.05, 4.69) is 15.3 Å². The largest absolute Gasteiger partial charge is 0.306 e. The quantitative estimate of drug-likeness (QED) is 0.923. The zero-order valence-electron chi connectivity index (χ0n) is 10.7. The molecule has 0 fully saturated rings. The van der Waals surface area contributed by atoms with Crippen LogP contribution < -0.4 is 5.32 Å². The zero-order valence-corrected chi connectivity index (χ0v) is 11.5. The van der Waals surface area contributed by atoms with Crippen molar-refractivity contribution in [2.24, 2.45) is 0 Å². The first kappa shape index (κ1) is 13.1. The van der Waals surface area contributed by atoms with Crippen molar-refractivity contribution >= 4 is 11.3 Å². The van der Waals surface area contributed by atoms with Crippen LogP contribution in [0.25, 0.3) is 0 Å². The molecule has 2 aromatic rings. The van der Waals surface area contributed by atoms with Gasteiger partial charge in [0.05, 0.1) is 22.9 Å². The molecule has 0 amide bonds. The summed E-state index contributed by atoms with van der Waals surface area (Å²) in [5.41, 5.74) is 1.58. The molecule has 5 heteroatoms. The molecule has 3 nitrogen and oxygen atoms in total. The summed E-state index contributed by atoms with van der Waals surface area (Å²) in [5, 5.41) is 4.31. The molecule has 2 rings (SSSR count). The summed E-state index contributed by atoms with van der Waals surface area (Å²) < 4.78 is 13.9. The highest BCUT2D eigenvalue weighted by atomic mass is 32.1. The van der Waals surface area contributed by atoms with Crippen molar-refractivity contribution in [1.29, 1.82) is 0 Å². The lowest BCUT2D eigenvalue weighted by molar-refractivity contribution is 0.557. The van der Waals surface area contributed by atoms with Gasteiger partial charge in [-0.1, -0.05) is 6.92 Å². The van der Waals surface area contributed by atoms with E-state index in [-0.39, 0.29) is 11.9 Å². The van der Waals surface area contributed by atoms with E-state index in [1.54, 1.807) is 23.6 Å². The lowest BCUT2D eigenvalue weighted by Crippen LogP contribution is -2.23. The van der Waals surface area contributed by atoms with E-state index < -0.39 is 0 Å². The molecule has 0 bridgehead atoms. The van der Waals surface area contributed by atoms with E-state index in [4.69, 9.17) is 0 Å². The second-order valence-electron chi connectivity index (χ2n) is 4.07. The highest BCUT2D eigenvalue weighted by Crippen LogP contribution is 2.30. The maximum Gasteiger partial charge on any atom is 0.146 e. The number of aromatic nitrogens is 2. The number of nitrogens with one attached hydrogen (secondary N) is 1. The molecule has 0 aliphatic rings. The van der Waals surface area contributed by atoms with Gasteiger partial charge in [0.15, 0.2) is 0 Å². The van der Waals surface area contributed by atoms with Crippen molar-refractivity contribution in [2.75, 3.05) is 6.54 Å². The van der Waals surface area contributed by atoms with E-state index >= 15 is 0 Å². The Morgan fingerprint density at radius 1 is 1.44 bits per heavy atom. The molecule has 0 aliphatic carbocycles. The van der Waals surface area contributed by atoms with Crippen LogP contribution in [0.5, 0.6) is 0 Å². The number of nitrogens with zero attached hydrogens (tertiary/aromatic N) is 2. The number of aryl methyl sites for hydroxylation is 2. The smallest absolute Gasteiger partial charge is 0.146 e. The third-order valence-electron chi connectivity index (χ3n) is 2.72. The minimum absolute atomic E-state index is 0.149. The maximum absolute atomic E-state index is 13.9. The Morgan fingerprint density at radius 3 is 2.78 bits per heavy atom. The first-order valence-corrected chi connectivity index (χ1v) is 6.71. The van der Waals surface area contributed by atoms with Gasteiger partial charge < -0.3 is 5.32 Å². The molecular formula is C13H16FN3S. The molecule has 0 radical (unpaired) electrons. The summed E-state index contributed by atoms with van der Waals surface area (Å²) in [4.78, 5) is 9.27. The monoisotopic (exact) mass is 265 g/mol. The van der Waals surface area contributed by atoms with Crippen LogP contribution in [0.4, 0.5) is 4.39 Å². The summed E-state index contributed by atoms with van der Waals surface area (Å²) >= 11 is 1.61. The number of rotatable bonds is 4.